The van der Waals surface area contributed by atoms with Crippen molar-refractivity contribution in [1.29, 1.82) is 0 Å². The highest BCUT2D eigenvalue weighted by Gasteiger charge is 2.34. The highest BCUT2D eigenvalue weighted by molar-refractivity contribution is 5.22. The average molecular weight is 169 g/mol. The molecule has 2 aliphatic rings. The van der Waals surface area contributed by atoms with Crippen LogP contribution in [0.5, 0.6) is 0 Å². The maximum atomic E-state index is 9.41. The Hall–Kier alpha value is -0.610. The lowest BCUT2D eigenvalue weighted by Gasteiger charge is -2.35. The minimum absolute atomic E-state index is 0.125. The van der Waals surface area contributed by atoms with E-state index in [2.05, 4.69) is 16.7 Å². The molecular formula is C8H15N3O. The van der Waals surface area contributed by atoms with E-state index < -0.39 is 0 Å². The Morgan fingerprint density at radius 1 is 1.33 bits per heavy atom. The van der Waals surface area contributed by atoms with Crippen LogP contribution in [0.1, 0.15) is 6.42 Å². The molecule has 0 aliphatic carbocycles. The van der Waals surface area contributed by atoms with Gasteiger partial charge in [0.2, 0.25) is 0 Å². The number of hydrazone groups is 1. The Kier molecular flexibility index (Phi) is 2.02. The van der Waals surface area contributed by atoms with E-state index in [1.54, 1.807) is 0 Å². The van der Waals surface area contributed by atoms with Gasteiger partial charge in [0.15, 0.2) is 0 Å². The standard InChI is InChI=1S/C8H15N3O/c1-9-11-3-2-10-6-8(12)4-7(10)5-11/h7-8,12H,1-6H2/t7-,8+/m0/s1. The predicted octanol–water partition coefficient (Wildman–Crippen LogP) is -0.647. The molecule has 0 aromatic rings. The molecule has 2 heterocycles. The first-order valence-electron chi connectivity index (χ1n) is 4.43. The molecule has 0 aromatic carbocycles. The van der Waals surface area contributed by atoms with Crippen LogP contribution in [0.25, 0.3) is 0 Å². The van der Waals surface area contributed by atoms with Crippen LogP contribution in [0.3, 0.4) is 0 Å². The topological polar surface area (TPSA) is 39.1 Å². The molecule has 0 radical (unpaired) electrons. The lowest BCUT2D eigenvalue weighted by Crippen LogP contribution is -2.47. The van der Waals surface area contributed by atoms with Gasteiger partial charge in [-0.15, -0.1) is 0 Å². The molecule has 12 heavy (non-hydrogen) atoms. The number of rotatable bonds is 1. The van der Waals surface area contributed by atoms with E-state index in [0.717, 1.165) is 32.6 Å². The van der Waals surface area contributed by atoms with Crippen molar-refractivity contribution in [3.63, 3.8) is 0 Å². The van der Waals surface area contributed by atoms with Gasteiger partial charge in [-0.25, -0.2) is 0 Å². The number of hydrogen-bond acceptors (Lipinski definition) is 4. The zero-order chi connectivity index (χ0) is 8.55. The maximum Gasteiger partial charge on any atom is 0.0682 e. The number of fused-ring (bicyclic) bond motifs is 1. The first-order chi connectivity index (χ1) is 5.79. The van der Waals surface area contributed by atoms with E-state index in [1.807, 2.05) is 5.01 Å². The molecule has 2 atom stereocenters. The summed E-state index contributed by atoms with van der Waals surface area (Å²) in [4.78, 5) is 2.34. The number of nitrogens with zero attached hydrogens (tertiary/aromatic N) is 3. The summed E-state index contributed by atoms with van der Waals surface area (Å²) in [5.74, 6) is 0. The fourth-order valence-corrected chi connectivity index (χ4v) is 2.13. The molecule has 0 saturated carbocycles. The first kappa shape index (κ1) is 8.01. The van der Waals surface area contributed by atoms with Gasteiger partial charge in [0.1, 0.15) is 0 Å². The van der Waals surface area contributed by atoms with Crippen LogP contribution in [0, 0.1) is 0 Å². The molecule has 2 saturated heterocycles. The SMILES string of the molecule is C=NN1CCN2C[C@H](O)C[C@H]2C1. The fraction of sp³-hybridized carbons (Fsp3) is 0.875. The quantitative estimate of drug-likeness (QED) is 0.530. The minimum Gasteiger partial charge on any atom is -0.392 e. The normalized spacial score (nSPS) is 36.6. The molecule has 0 spiro atoms. The lowest BCUT2D eigenvalue weighted by atomic mass is 10.1. The molecule has 0 bridgehead atoms. The zero-order valence-electron chi connectivity index (χ0n) is 7.19. The highest BCUT2D eigenvalue weighted by atomic mass is 16.3. The zero-order valence-corrected chi connectivity index (χ0v) is 7.19. The molecule has 0 unspecified atom stereocenters. The van der Waals surface area contributed by atoms with E-state index in [-0.39, 0.29) is 6.10 Å². The van der Waals surface area contributed by atoms with Crippen LogP contribution in [-0.4, -0.2) is 60.1 Å². The van der Waals surface area contributed by atoms with Crippen molar-refractivity contribution in [2.24, 2.45) is 5.10 Å². The van der Waals surface area contributed by atoms with Crippen LogP contribution in [-0.2, 0) is 0 Å². The monoisotopic (exact) mass is 169 g/mol. The summed E-state index contributed by atoms with van der Waals surface area (Å²) in [5, 5.41) is 15.3. The number of piperazine rings is 1. The molecule has 0 amide bonds. The van der Waals surface area contributed by atoms with Crippen molar-refractivity contribution in [2.75, 3.05) is 26.2 Å². The Morgan fingerprint density at radius 3 is 2.92 bits per heavy atom. The molecule has 2 aliphatic heterocycles. The molecule has 4 nitrogen and oxygen atoms in total. The highest BCUT2D eigenvalue weighted by Crippen LogP contribution is 2.21. The van der Waals surface area contributed by atoms with E-state index in [4.69, 9.17) is 0 Å². The predicted molar refractivity (Wildman–Crippen MR) is 47.1 cm³/mol. The van der Waals surface area contributed by atoms with Gasteiger partial charge in [0, 0.05) is 32.4 Å². The second-order valence-corrected chi connectivity index (χ2v) is 3.59. The van der Waals surface area contributed by atoms with Gasteiger partial charge >= 0.3 is 0 Å². The Bertz CT molecular complexity index is 185. The van der Waals surface area contributed by atoms with Crippen LogP contribution < -0.4 is 0 Å². The van der Waals surface area contributed by atoms with E-state index in [9.17, 15) is 5.11 Å². The second kappa shape index (κ2) is 3.03. The lowest BCUT2D eigenvalue weighted by molar-refractivity contribution is 0.106. The Balaban J connectivity index is 1.97. The van der Waals surface area contributed by atoms with Crippen molar-refractivity contribution in [2.45, 2.75) is 18.6 Å². The molecule has 68 valence electrons. The maximum absolute atomic E-state index is 9.41. The van der Waals surface area contributed by atoms with Crippen molar-refractivity contribution in [3.8, 4) is 0 Å². The average Bonchev–Trinajstić information content (AvgIpc) is 2.43. The molecule has 2 fully saturated rings. The van der Waals surface area contributed by atoms with Crippen LogP contribution in [0.4, 0.5) is 0 Å². The van der Waals surface area contributed by atoms with Gasteiger partial charge in [0.05, 0.1) is 12.6 Å². The van der Waals surface area contributed by atoms with Crippen LogP contribution >= 0.6 is 0 Å². The minimum atomic E-state index is -0.125. The van der Waals surface area contributed by atoms with E-state index in [0.29, 0.717) is 6.04 Å². The van der Waals surface area contributed by atoms with E-state index in [1.165, 1.54) is 0 Å². The van der Waals surface area contributed by atoms with Gasteiger partial charge in [-0.2, -0.15) is 5.10 Å². The van der Waals surface area contributed by atoms with Crippen molar-refractivity contribution in [1.82, 2.24) is 9.91 Å². The van der Waals surface area contributed by atoms with Gasteiger partial charge in [0.25, 0.3) is 0 Å². The van der Waals surface area contributed by atoms with E-state index >= 15 is 0 Å². The van der Waals surface area contributed by atoms with Gasteiger partial charge < -0.3 is 5.11 Å². The van der Waals surface area contributed by atoms with Crippen molar-refractivity contribution < 1.29 is 5.11 Å². The number of aliphatic hydroxyl groups excluding tert-OH is 1. The smallest absolute Gasteiger partial charge is 0.0682 e. The molecule has 0 aromatic heterocycles. The van der Waals surface area contributed by atoms with Crippen molar-refractivity contribution >= 4 is 6.72 Å². The summed E-state index contributed by atoms with van der Waals surface area (Å²) in [5.41, 5.74) is 0. The summed E-state index contributed by atoms with van der Waals surface area (Å²) >= 11 is 0. The van der Waals surface area contributed by atoms with Crippen LogP contribution in [0.2, 0.25) is 0 Å². The summed E-state index contributed by atoms with van der Waals surface area (Å²) in [7, 11) is 0. The number of aliphatic hydroxyl groups is 1. The molecular weight excluding hydrogens is 154 g/mol. The van der Waals surface area contributed by atoms with Gasteiger partial charge in [-0.05, 0) is 6.42 Å². The molecule has 1 N–H and O–H groups in total. The Labute approximate surface area is 72.5 Å². The third-order valence-corrected chi connectivity index (χ3v) is 2.77. The largest absolute Gasteiger partial charge is 0.392 e. The summed E-state index contributed by atoms with van der Waals surface area (Å²) in [6.07, 6.45) is 0.770. The second-order valence-electron chi connectivity index (χ2n) is 3.59. The van der Waals surface area contributed by atoms with Gasteiger partial charge in [-0.1, -0.05) is 0 Å². The summed E-state index contributed by atoms with van der Waals surface area (Å²) < 4.78 is 0. The summed E-state index contributed by atoms with van der Waals surface area (Å²) in [6, 6.07) is 0.499. The Morgan fingerprint density at radius 2 is 2.17 bits per heavy atom. The molecule has 2 rings (SSSR count). The third kappa shape index (κ3) is 1.32. The summed E-state index contributed by atoms with van der Waals surface area (Å²) in [6.45, 7) is 7.25. The third-order valence-electron chi connectivity index (χ3n) is 2.77. The van der Waals surface area contributed by atoms with Gasteiger partial charge in [-0.3, -0.25) is 9.91 Å². The fourth-order valence-electron chi connectivity index (χ4n) is 2.13. The first-order valence-corrected chi connectivity index (χ1v) is 4.43. The van der Waals surface area contributed by atoms with Crippen molar-refractivity contribution in [3.05, 3.63) is 0 Å². The molecule has 4 heteroatoms. The number of hydrogen-bond donors (Lipinski definition) is 1. The van der Waals surface area contributed by atoms with Crippen LogP contribution in [0.15, 0.2) is 5.10 Å².